The largest absolute Gasteiger partial charge is 0.497 e. The molecule has 1 aliphatic rings. The van der Waals surface area contributed by atoms with E-state index in [4.69, 9.17) is 9.84 Å². The summed E-state index contributed by atoms with van der Waals surface area (Å²) in [5.74, 6) is 1.52. The Morgan fingerprint density at radius 3 is 3.10 bits per heavy atom. The maximum atomic E-state index is 12.3. The number of carbonyl (C=O) groups is 1. The Balaban J connectivity index is 1.83. The zero-order valence-corrected chi connectivity index (χ0v) is 12.8. The number of rotatable bonds is 6. The lowest BCUT2D eigenvalue weighted by molar-refractivity contribution is -0.133. The predicted octanol–water partition coefficient (Wildman–Crippen LogP) is 2.25. The molecule has 1 fully saturated rings. The number of nitrogens with zero attached hydrogens (tertiary/aromatic N) is 1. The second kappa shape index (κ2) is 8.03. The van der Waals surface area contributed by atoms with E-state index in [0.717, 1.165) is 50.1 Å². The molecule has 4 heteroatoms. The molecule has 1 amide bonds. The highest BCUT2D eigenvalue weighted by atomic mass is 16.5. The Labute approximate surface area is 126 Å². The molecular weight excluding hydrogens is 266 g/mol. The summed E-state index contributed by atoms with van der Waals surface area (Å²) in [5, 5.41) is 9.03. The number of hydrogen-bond acceptors (Lipinski definition) is 3. The number of aliphatic hydroxyl groups excluding tert-OH is 1. The summed E-state index contributed by atoms with van der Waals surface area (Å²) < 4.78 is 5.20. The lowest BCUT2D eigenvalue weighted by Crippen LogP contribution is -2.40. The molecular formula is C17H25NO3. The SMILES string of the molecule is COc1cccc(CCC(=O)N2CCCC(CCO)C2)c1. The van der Waals surface area contributed by atoms with Gasteiger partial charge in [-0.2, -0.15) is 0 Å². The average Bonchev–Trinajstić information content (AvgIpc) is 2.53. The van der Waals surface area contributed by atoms with Crippen molar-refractivity contribution in [3.63, 3.8) is 0 Å². The van der Waals surface area contributed by atoms with Crippen LogP contribution in [0.4, 0.5) is 0 Å². The van der Waals surface area contributed by atoms with Crippen molar-refractivity contribution in [2.75, 3.05) is 26.8 Å². The smallest absolute Gasteiger partial charge is 0.222 e. The van der Waals surface area contributed by atoms with Crippen molar-refractivity contribution in [3.05, 3.63) is 29.8 Å². The quantitative estimate of drug-likeness (QED) is 0.874. The van der Waals surface area contributed by atoms with E-state index < -0.39 is 0 Å². The van der Waals surface area contributed by atoms with E-state index >= 15 is 0 Å². The Morgan fingerprint density at radius 2 is 2.33 bits per heavy atom. The fraction of sp³-hybridized carbons (Fsp3) is 0.588. The number of carbonyl (C=O) groups excluding carboxylic acids is 1. The van der Waals surface area contributed by atoms with Crippen molar-refractivity contribution in [3.8, 4) is 5.75 Å². The number of aliphatic hydroxyl groups is 1. The first-order valence-corrected chi connectivity index (χ1v) is 7.74. The molecule has 1 N–H and O–H groups in total. The van der Waals surface area contributed by atoms with E-state index in [-0.39, 0.29) is 12.5 Å². The van der Waals surface area contributed by atoms with Crippen LogP contribution in [-0.2, 0) is 11.2 Å². The molecule has 1 heterocycles. The lowest BCUT2D eigenvalue weighted by Gasteiger charge is -2.32. The van der Waals surface area contributed by atoms with Gasteiger partial charge in [-0.25, -0.2) is 0 Å². The minimum Gasteiger partial charge on any atom is -0.497 e. The standard InChI is InChI=1S/C17H25NO3/c1-21-16-6-2-4-14(12-16)7-8-17(20)18-10-3-5-15(13-18)9-11-19/h2,4,6,12,15,19H,3,5,7-11,13H2,1H3. The maximum absolute atomic E-state index is 12.3. The number of aryl methyl sites for hydroxylation is 1. The van der Waals surface area contributed by atoms with E-state index in [1.807, 2.05) is 29.2 Å². The minimum absolute atomic E-state index is 0.219. The van der Waals surface area contributed by atoms with Crippen molar-refractivity contribution >= 4 is 5.91 Å². The molecule has 0 saturated carbocycles. The molecule has 1 aromatic rings. The highest BCUT2D eigenvalue weighted by Crippen LogP contribution is 2.20. The van der Waals surface area contributed by atoms with Crippen LogP contribution < -0.4 is 4.74 Å². The van der Waals surface area contributed by atoms with Crippen molar-refractivity contribution in [1.82, 2.24) is 4.90 Å². The summed E-state index contributed by atoms with van der Waals surface area (Å²) in [6.07, 6.45) is 4.27. The molecule has 116 valence electrons. The van der Waals surface area contributed by atoms with E-state index in [1.165, 1.54) is 0 Å². The topological polar surface area (TPSA) is 49.8 Å². The zero-order valence-electron chi connectivity index (χ0n) is 12.8. The van der Waals surface area contributed by atoms with Crippen LogP contribution in [0, 0.1) is 5.92 Å². The fourth-order valence-electron chi connectivity index (χ4n) is 2.95. The Hall–Kier alpha value is -1.55. The summed E-state index contributed by atoms with van der Waals surface area (Å²) in [5.41, 5.74) is 1.13. The number of piperidine rings is 1. The Kier molecular flexibility index (Phi) is 6.05. The van der Waals surface area contributed by atoms with Crippen molar-refractivity contribution < 1.29 is 14.6 Å². The van der Waals surface area contributed by atoms with Crippen LogP contribution in [0.15, 0.2) is 24.3 Å². The summed E-state index contributed by atoms with van der Waals surface area (Å²) in [4.78, 5) is 14.3. The minimum atomic E-state index is 0.219. The van der Waals surface area contributed by atoms with Gasteiger partial charge in [0.1, 0.15) is 5.75 Å². The van der Waals surface area contributed by atoms with Gasteiger partial charge in [-0.05, 0) is 49.3 Å². The molecule has 0 bridgehead atoms. The van der Waals surface area contributed by atoms with Gasteiger partial charge in [0, 0.05) is 26.1 Å². The third kappa shape index (κ3) is 4.74. The second-order valence-electron chi connectivity index (χ2n) is 5.71. The van der Waals surface area contributed by atoms with Crippen LogP contribution in [0.1, 0.15) is 31.2 Å². The van der Waals surface area contributed by atoms with Crippen LogP contribution in [0.2, 0.25) is 0 Å². The Morgan fingerprint density at radius 1 is 1.48 bits per heavy atom. The highest BCUT2D eigenvalue weighted by molar-refractivity contribution is 5.76. The van der Waals surface area contributed by atoms with Crippen LogP contribution in [-0.4, -0.2) is 42.7 Å². The molecule has 0 aliphatic carbocycles. The summed E-state index contributed by atoms with van der Waals surface area (Å²) in [7, 11) is 1.65. The first-order chi connectivity index (χ1) is 10.2. The summed E-state index contributed by atoms with van der Waals surface area (Å²) in [6.45, 7) is 1.88. The average molecular weight is 291 g/mol. The molecule has 1 atom stereocenters. The van der Waals surface area contributed by atoms with Crippen LogP contribution in [0.3, 0.4) is 0 Å². The van der Waals surface area contributed by atoms with Crippen molar-refractivity contribution in [2.24, 2.45) is 5.92 Å². The highest BCUT2D eigenvalue weighted by Gasteiger charge is 2.22. The van der Waals surface area contributed by atoms with E-state index in [2.05, 4.69) is 0 Å². The monoisotopic (exact) mass is 291 g/mol. The first kappa shape index (κ1) is 15.8. The number of ether oxygens (including phenoxy) is 1. The predicted molar refractivity (Wildman–Crippen MR) is 82.3 cm³/mol. The number of amides is 1. The molecule has 1 aliphatic heterocycles. The van der Waals surface area contributed by atoms with E-state index in [9.17, 15) is 4.79 Å². The lowest BCUT2D eigenvalue weighted by atomic mass is 9.95. The van der Waals surface area contributed by atoms with Gasteiger partial charge in [-0.15, -0.1) is 0 Å². The molecule has 0 spiro atoms. The second-order valence-corrected chi connectivity index (χ2v) is 5.71. The molecule has 1 aromatic carbocycles. The van der Waals surface area contributed by atoms with Gasteiger partial charge < -0.3 is 14.7 Å². The van der Waals surface area contributed by atoms with E-state index in [0.29, 0.717) is 12.3 Å². The summed E-state index contributed by atoms with van der Waals surface area (Å²) in [6, 6.07) is 7.88. The molecule has 21 heavy (non-hydrogen) atoms. The normalized spacial score (nSPS) is 18.6. The zero-order chi connectivity index (χ0) is 15.1. The van der Waals surface area contributed by atoms with Crippen LogP contribution in [0.25, 0.3) is 0 Å². The van der Waals surface area contributed by atoms with Gasteiger partial charge in [0.25, 0.3) is 0 Å². The number of benzene rings is 1. The molecule has 0 radical (unpaired) electrons. The molecule has 4 nitrogen and oxygen atoms in total. The molecule has 1 unspecified atom stereocenters. The van der Waals surface area contributed by atoms with Gasteiger partial charge in [0.2, 0.25) is 5.91 Å². The van der Waals surface area contributed by atoms with Crippen LogP contribution in [0.5, 0.6) is 5.75 Å². The van der Waals surface area contributed by atoms with Gasteiger partial charge >= 0.3 is 0 Å². The molecule has 2 rings (SSSR count). The number of methoxy groups -OCH3 is 1. The molecule has 1 saturated heterocycles. The third-order valence-electron chi connectivity index (χ3n) is 4.17. The fourth-order valence-corrected chi connectivity index (χ4v) is 2.95. The number of hydrogen-bond donors (Lipinski definition) is 1. The van der Waals surface area contributed by atoms with Gasteiger partial charge in [-0.3, -0.25) is 4.79 Å². The van der Waals surface area contributed by atoms with Crippen LogP contribution >= 0.6 is 0 Å². The van der Waals surface area contributed by atoms with Gasteiger partial charge in [0.05, 0.1) is 7.11 Å². The maximum Gasteiger partial charge on any atom is 0.222 e. The number of likely N-dealkylation sites (tertiary alicyclic amines) is 1. The van der Waals surface area contributed by atoms with Gasteiger partial charge in [-0.1, -0.05) is 12.1 Å². The summed E-state index contributed by atoms with van der Waals surface area (Å²) >= 11 is 0. The van der Waals surface area contributed by atoms with Gasteiger partial charge in [0.15, 0.2) is 0 Å². The first-order valence-electron chi connectivity index (χ1n) is 7.74. The van der Waals surface area contributed by atoms with Crippen molar-refractivity contribution in [2.45, 2.75) is 32.1 Å². The van der Waals surface area contributed by atoms with Crippen molar-refractivity contribution in [1.29, 1.82) is 0 Å². The third-order valence-corrected chi connectivity index (χ3v) is 4.17. The van der Waals surface area contributed by atoms with E-state index in [1.54, 1.807) is 7.11 Å². The molecule has 0 aromatic heterocycles. The Bertz CT molecular complexity index is 459.